The summed E-state index contributed by atoms with van der Waals surface area (Å²) in [6.45, 7) is 1.34. The van der Waals surface area contributed by atoms with E-state index in [0.717, 1.165) is 0 Å². The number of carbonyl (C=O) groups is 1. The number of carbonyl (C=O) groups excluding carboxylic acids is 1. The second-order valence-electron chi connectivity index (χ2n) is 5.30. The summed E-state index contributed by atoms with van der Waals surface area (Å²) >= 11 is 0. The average molecular weight is 361 g/mol. The number of ether oxygens (including phenoxy) is 2. The number of ketones is 1. The maximum atomic E-state index is 12.8. The molecule has 0 aliphatic carbocycles. The number of aromatic nitrogens is 2. The Labute approximate surface area is 141 Å². The summed E-state index contributed by atoms with van der Waals surface area (Å²) in [5, 5.41) is 7.25. The van der Waals surface area contributed by atoms with E-state index in [1.807, 2.05) is 0 Å². The monoisotopic (exact) mass is 361 g/mol. The van der Waals surface area contributed by atoms with Gasteiger partial charge in [-0.2, -0.15) is 0 Å². The molecule has 0 radical (unpaired) electrons. The highest BCUT2D eigenvalue weighted by Gasteiger charge is 2.25. The molecule has 2 aromatic carbocycles. The zero-order valence-corrected chi connectivity index (χ0v) is 13.7. The second-order valence-corrected chi connectivity index (χ2v) is 6.95. The average Bonchev–Trinajstić information content (AvgIpc) is 3.21. The molecule has 9 nitrogen and oxygen atoms in total. The van der Waals surface area contributed by atoms with Gasteiger partial charge in [-0.3, -0.25) is 9.52 Å². The van der Waals surface area contributed by atoms with Gasteiger partial charge in [0.25, 0.3) is 10.0 Å². The Kier molecular flexibility index (Phi) is 3.35. The standard InChI is InChI=1S/C15H11N3O6S/c1-8(19)9-5-12-13(23-7-22-12)6-11(9)18-25(20,21)14-4-2-3-10-15(14)17-24-16-10/h2-6,18H,7H2,1H3. The molecule has 128 valence electrons. The van der Waals surface area contributed by atoms with Crippen LogP contribution in [0.1, 0.15) is 17.3 Å². The van der Waals surface area contributed by atoms with Crippen molar-refractivity contribution in [2.45, 2.75) is 11.8 Å². The first-order valence-electron chi connectivity index (χ1n) is 7.14. The topological polar surface area (TPSA) is 121 Å². The van der Waals surface area contributed by atoms with E-state index >= 15 is 0 Å². The fourth-order valence-corrected chi connectivity index (χ4v) is 3.74. The van der Waals surface area contributed by atoms with Crippen LogP contribution in [0.15, 0.2) is 39.9 Å². The summed E-state index contributed by atoms with van der Waals surface area (Å²) in [5.41, 5.74) is 0.656. The predicted molar refractivity (Wildman–Crippen MR) is 85.2 cm³/mol. The fourth-order valence-electron chi connectivity index (χ4n) is 2.52. The van der Waals surface area contributed by atoms with Gasteiger partial charge in [0.15, 0.2) is 22.8 Å². The molecule has 3 aromatic rings. The lowest BCUT2D eigenvalue weighted by molar-refractivity contribution is 0.101. The molecule has 4 rings (SSSR count). The minimum absolute atomic E-state index is 0.00674. The lowest BCUT2D eigenvalue weighted by atomic mass is 10.1. The molecule has 0 atom stereocenters. The zero-order valence-electron chi connectivity index (χ0n) is 12.8. The molecule has 0 saturated carbocycles. The summed E-state index contributed by atoms with van der Waals surface area (Å²) in [4.78, 5) is 11.8. The summed E-state index contributed by atoms with van der Waals surface area (Å²) in [5.74, 6) is 0.414. The number of nitrogens with one attached hydrogen (secondary N) is 1. The number of anilines is 1. The van der Waals surface area contributed by atoms with Crippen LogP contribution in [0.2, 0.25) is 0 Å². The van der Waals surface area contributed by atoms with Crippen LogP contribution in [0, 0.1) is 0 Å². The Bertz CT molecular complexity index is 1110. The minimum atomic E-state index is -4.04. The van der Waals surface area contributed by atoms with Crippen molar-refractivity contribution in [2.24, 2.45) is 0 Å². The number of sulfonamides is 1. The highest BCUT2D eigenvalue weighted by atomic mass is 32.2. The van der Waals surface area contributed by atoms with Gasteiger partial charge in [-0.05, 0) is 35.4 Å². The van der Waals surface area contributed by atoms with Crippen LogP contribution in [0.5, 0.6) is 11.5 Å². The van der Waals surface area contributed by atoms with Gasteiger partial charge in [0, 0.05) is 11.6 Å². The Morgan fingerprint density at radius 3 is 2.68 bits per heavy atom. The number of rotatable bonds is 4. The Hall–Kier alpha value is -3.14. The number of benzene rings is 2. The third kappa shape index (κ3) is 2.56. The molecule has 0 spiro atoms. The van der Waals surface area contributed by atoms with Crippen LogP contribution in [0.4, 0.5) is 5.69 Å². The van der Waals surface area contributed by atoms with Crippen molar-refractivity contribution in [3.05, 3.63) is 35.9 Å². The molecule has 0 saturated heterocycles. The van der Waals surface area contributed by atoms with Gasteiger partial charge in [-0.15, -0.1) is 0 Å². The highest BCUT2D eigenvalue weighted by Crippen LogP contribution is 2.38. The number of Topliss-reactive ketones (excluding diaryl/α,β-unsaturated/α-hetero) is 1. The third-order valence-corrected chi connectivity index (χ3v) is 5.07. The Morgan fingerprint density at radius 2 is 1.92 bits per heavy atom. The van der Waals surface area contributed by atoms with Crippen molar-refractivity contribution in [1.29, 1.82) is 0 Å². The van der Waals surface area contributed by atoms with Crippen LogP contribution in [-0.2, 0) is 10.0 Å². The summed E-state index contributed by atoms with van der Waals surface area (Å²) in [7, 11) is -4.04. The molecule has 1 aliphatic rings. The normalized spacial score (nSPS) is 13.2. The maximum absolute atomic E-state index is 12.8. The number of hydrogen-bond acceptors (Lipinski definition) is 8. The molecule has 0 amide bonds. The lowest BCUT2D eigenvalue weighted by Gasteiger charge is -2.12. The second kappa shape index (κ2) is 5.45. The first-order chi connectivity index (χ1) is 12.0. The van der Waals surface area contributed by atoms with Crippen LogP contribution in [0.3, 0.4) is 0 Å². The van der Waals surface area contributed by atoms with Crippen molar-refractivity contribution in [3.8, 4) is 11.5 Å². The number of hydrogen-bond donors (Lipinski definition) is 1. The molecule has 10 heteroatoms. The molecular weight excluding hydrogens is 350 g/mol. The van der Waals surface area contributed by atoms with Crippen molar-refractivity contribution < 1.29 is 27.3 Å². The predicted octanol–water partition coefficient (Wildman–Crippen LogP) is 1.95. The molecule has 0 bridgehead atoms. The minimum Gasteiger partial charge on any atom is -0.454 e. The number of fused-ring (bicyclic) bond motifs is 2. The van der Waals surface area contributed by atoms with Gasteiger partial charge in [-0.1, -0.05) is 6.07 Å². The fraction of sp³-hybridized carbons (Fsp3) is 0.133. The van der Waals surface area contributed by atoms with Gasteiger partial charge in [-0.25, -0.2) is 13.0 Å². The van der Waals surface area contributed by atoms with E-state index in [1.165, 1.54) is 31.2 Å². The Balaban J connectivity index is 1.82. The molecular formula is C15H11N3O6S. The van der Waals surface area contributed by atoms with Crippen LogP contribution in [0.25, 0.3) is 11.0 Å². The summed E-state index contributed by atoms with van der Waals surface area (Å²) in [6.07, 6.45) is 0. The van der Waals surface area contributed by atoms with E-state index in [1.54, 1.807) is 6.07 Å². The molecule has 1 aromatic heterocycles. The first kappa shape index (κ1) is 15.4. The molecule has 25 heavy (non-hydrogen) atoms. The molecule has 1 N–H and O–H groups in total. The van der Waals surface area contributed by atoms with Gasteiger partial charge in [0.05, 0.1) is 5.69 Å². The van der Waals surface area contributed by atoms with Crippen LogP contribution in [-0.4, -0.2) is 31.3 Å². The number of nitrogens with zero attached hydrogens (tertiary/aromatic N) is 2. The molecule has 1 aliphatic heterocycles. The van der Waals surface area contributed by atoms with Gasteiger partial charge in [0.2, 0.25) is 6.79 Å². The van der Waals surface area contributed by atoms with E-state index in [4.69, 9.17) is 9.47 Å². The van der Waals surface area contributed by atoms with Gasteiger partial charge < -0.3 is 9.47 Å². The summed E-state index contributed by atoms with van der Waals surface area (Å²) in [6, 6.07) is 7.33. The van der Waals surface area contributed by atoms with Crippen LogP contribution < -0.4 is 14.2 Å². The lowest BCUT2D eigenvalue weighted by Crippen LogP contribution is -2.15. The smallest absolute Gasteiger partial charge is 0.264 e. The van der Waals surface area contributed by atoms with Crippen LogP contribution >= 0.6 is 0 Å². The van der Waals surface area contributed by atoms with E-state index in [2.05, 4.69) is 19.7 Å². The maximum Gasteiger partial charge on any atom is 0.264 e. The quantitative estimate of drug-likeness (QED) is 0.700. The highest BCUT2D eigenvalue weighted by molar-refractivity contribution is 7.93. The summed E-state index contributed by atoms with van der Waals surface area (Å²) < 4.78 is 43.0. The van der Waals surface area contributed by atoms with Crippen molar-refractivity contribution in [2.75, 3.05) is 11.5 Å². The van der Waals surface area contributed by atoms with Gasteiger partial charge >= 0.3 is 0 Å². The SMILES string of the molecule is CC(=O)c1cc2c(cc1NS(=O)(=O)c1cccc3nonc13)OCO2. The van der Waals surface area contributed by atoms with Crippen molar-refractivity contribution in [3.63, 3.8) is 0 Å². The zero-order chi connectivity index (χ0) is 17.6. The van der Waals surface area contributed by atoms with Crippen molar-refractivity contribution >= 4 is 32.5 Å². The first-order valence-corrected chi connectivity index (χ1v) is 8.63. The van der Waals surface area contributed by atoms with E-state index in [0.29, 0.717) is 17.0 Å². The molecule has 0 unspecified atom stereocenters. The van der Waals surface area contributed by atoms with E-state index in [9.17, 15) is 13.2 Å². The van der Waals surface area contributed by atoms with E-state index < -0.39 is 10.0 Å². The third-order valence-electron chi connectivity index (χ3n) is 3.67. The largest absolute Gasteiger partial charge is 0.454 e. The molecule has 2 heterocycles. The van der Waals surface area contributed by atoms with E-state index in [-0.39, 0.29) is 34.2 Å². The molecule has 0 fully saturated rings. The Morgan fingerprint density at radius 1 is 1.16 bits per heavy atom. The van der Waals surface area contributed by atoms with Gasteiger partial charge in [0.1, 0.15) is 10.4 Å². The van der Waals surface area contributed by atoms with Crippen molar-refractivity contribution in [1.82, 2.24) is 10.3 Å².